The van der Waals surface area contributed by atoms with E-state index in [4.69, 9.17) is 0 Å². The molecule has 1 radical (unpaired) electrons. The Labute approximate surface area is 82.0 Å². The standard InChI is InChI=1S/C11H21N2/c1-9(2)12-11-7-5-6-8-13(11)10(3)4/h10H,5-8H2,1-4H3. The fourth-order valence-corrected chi connectivity index (χ4v) is 1.77. The second-order valence-electron chi connectivity index (χ2n) is 4.22. The van der Waals surface area contributed by atoms with Crippen LogP contribution in [0.5, 0.6) is 0 Å². The van der Waals surface area contributed by atoms with E-state index in [2.05, 4.69) is 37.6 Å². The van der Waals surface area contributed by atoms with Crippen LogP contribution in [0.2, 0.25) is 0 Å². The van der Waals surface area contributed by atoms with E-state index in [1.165, 1.54) is 31.3 Å². The van der Waals surface area contributed by atoms with Crippen LogP contribution in [0, 0.1) is 6.04 Å². The highest BCUT2D eigenvalue weighted by Gasteiger charge is 2.18. The van der Waals surface area contributed by atoms with Crippen LogP contribution in [0.3, 0.4) is 0 Å². The zero-order valence-electron chi connectivity index (χ0n) is 9.30. The topological polar surface area (TPSA) is 15.6 Å². The maximum Gasteiger partial charge on any atom is 0.0999 e. The predicted molar refractivity (Wildman–Crippen MR) is 57.7 cm³/mol. The second-order valence-corrected chi connectivity index (χ2v) is 4.22. The van der Waals surface area contributed by atoms with E-state index in [-0.39, 0.29) is 0 Å². The van der Waals surface area contributed by atoms with Crippen molar-refractivity contribution in [3.63, 3.8) is 0 Å². The molecule has 2 nitrogen and oxygen atoms in total. The number of aliphatic imine (C=N–C) groups is 1. The van der Waals surface area contributed by atoms with Crippen molar-refractivity contribution in [1.82, 2.24) is 4.90 Å². The third-order valence-corrected chi connectivity index (χ3v) is 2.36. The Morgan fingerprint density at radius 3 is 2.54 bits per heavy atom. The van der Waals surface area contributed by atoms with Gasteiger partial charge in [0.25, 0.3) is 0 Å². The minimum absolute atomic E-state index is 0.596. The van der Waals surface area contributed by atoms with Crippen molar-refractivity contribution in [3.8, 4) is 0 Å². The summed E-state index contributed by atoms with van der Waals surface area (Å²) in [7, 11) is 0. The third-order valence-electron chi connectivity index (χ3n) is 2.36. The number of rotatable bonds is 2. The van der Waals surface area contributed by atoms with Gasteiger partial charge in [0, 0.05) is 19.0 Å². The smallest absolute Gasteiger partial charge is 0.0999 e. The molecule has 0 bridgehead atoms. The lowest BCUT2D eigenvalue weighted by atomic mass is 10.1. The number of amidine groups is 1. The Kier molecular flexibility index (Phi) is 3.76. The first-order valence-corrected chi connectivity index (χ1v) is 5.25. The summed E-state index contributed by atoms with van der Waals surface area (Å²) < 4.78 is 0. The summed E-state index contributed by atoms with van der Waals surface area (Å²) in [6.45, 7) is 9.81. The van der Waals surface area contributed by atoms with Crippen LogP contribution in [0.15, 0.2) is 4.99 Å². The van der Waals surface area contributed by atoms with Gasteiger partial charge < -0.3 is 4.90 Å². The van der Waals surface area contributed by atoms with Gasteiger partial charge in [-0.25, -0.2) is 0 Å². The normalized spacial score (nSPS) is 22.0. The molecular weight excluding hydrogens is 160 g/mol. The molecule has 0 unspecified atom stereocenters. The van der Waals surface area contributed by atoms with E-state index in [0.717, 1.165) is 6.42 Å². The fourth-order valence-electron chi connectivity index (χ4n) is 1.77. The molecule has 1 aliphatic heterocycles. The van der Waals surface area contributed by atoms with Crippen molar-refractivity contribution in [2.24, 2.45) is 4.99 Å². The molecule has 2 heteroatoms. The summed E-state index contributed by atoms with van der Waals surface area (Å²) in [6.07, 6.45) is 3.78. The molecule has 1 rings (SSSR count). The van der Waals surface area contributed by atoms with Crippen molar-refractivity contribution >= 4 is 5.84 Å². The summed E-state index contributed by atoms with van der Waals surface area (Å²) in [5.74, 6) is 1.29. The third kappa shape index (κ3) is 3.02. The molecule has 1 fully saturated rings. The molecule has 0 N–H and O–H groups in total. The monoisotopic (exact) mass is 181 g/mol. The summed E-state index contributed by atoms with van der Waals surface area (Å²) in [4.78, 5) is 7.03. The molecule has 0 amide bonds. The first-order chi connectivity index (χ1) is 6.11. The molecule has 0 saturated carbocycles. The Morgan fingerprint density at radius 2 is 2.00 bits per heavy atom. The van der Waals surface area contributed by atoms with Gasteiger partial charge in [-0.05, 0) is 40.5 Å². The van der Waals surface area contributed by atoms with E-state index < -0.39 is 0 Å². The fraction of sp³-hybridized carbons (Fsp3) is 0.818. The highest BCUT2D eigenvalue weighted by Crippen LogP contribution is 2.16. The van der Waals surface area contributed by atoms with E-state index in [9.17, 15) is 0 Å². The number of likely N-dealkylation sites (tertiary alicyclic amines) is 1. The molecule has 1 heterocycles. The first-order valence-electron chi connectivity index (χ1n) is 5.25. The minimum atomic E-state index is 0.596. The van der Waals surface area contributed by atoms with Gasteiger partial charge >= 0.3 is 0 Å². The van der Waals surface area contributed by atoms with Crippen LogP contribution in [0.1, 0.15) is 47.0 Å². The summed E-state index contributed by atoms with van der Waals surface area (Å²) in [6, 6.07) is 1.76. The Morgan fingerprint density at radius 1 is 1.31 bits per heavy atom. The average Bonchev–Trinajstić information content (AvgIpc) is 2.03. The summed E-state index contributed by atoms with van der Waals surface area (Å²) in [5.41, 5.74) is 0. The first kappa shape index (κ1) is 10.6. The number of hydrogen-bond acceptors (Lipinski definition) is 1. The zero-order valence-corrected chi connectivity index (χ0v) is 9.30. The number of nitrogens with zero attached hydrogens (tertiary/aromatic N) is 2. The van der Waals surface area contributed by atoms with Crippen molar-refractivity contribution in [2.45, 2.75) is 53.0 Å². The van der Waals surface area contributed by atoms with E-state index in [1.807, 2.05) is 0 Å². The minimum Gasteiger partial charge on any atom is -0.358 e. The van der Waals surface area contributed by atoms with Gasteiger partial charge in [-0.15, -0.1) is 0 Å². The van der Waals surface area contributed by atoms with Gasteiger partial charge in [-0.1, -0.05) is 0 Å². The Balaban J connectivity index is 2.67. The molecule has 0 aromatic heterocycles. The van der Waals surface area contributed by atoms with Crippen LogP contribution in [0.25, 0.3) is 0 Å². The molecule has 0 atom stereocenters. The average molecular weight is 181 g/mol. The van der Waals surface area contributed by atoms with Crippen LogP contribution < -0.4 is 0 Å². The molecule has 75 valence electrons. The zero-order chi connectivity index (χ0) is 9.84. The molecule has 1 aliphatic rings. The molecule has 0 aromatic carbocycles. The van der Waals surface area contributed by atoms with Crippen molar-refractivity contribution in [3.05, 3.63) is 6.04 Å². The highest BCUT2D eigenvalue weighted by molar-refractivity contribution is 5.83. The number of piperidine rings is 1. The van der Waals surface area contributed by atoms with Crippen molar-refractivity contribution in [2.75, 3.05) is 6.54 Å². The van der Waals surface area contributed by atoms with Crippen LogP contribution >= 0.6 is 0 Å². The van der Waals surface area contributed by atoms with Crippen LogP contribution in [0.4, 0.5) is 0 Å². The quantitative estimate of drug-likeness (QED) is 0.639. The number of hydrogen-bond donors (Lipinski definition) is 0. The summed E-state index contributed by atoms with van der Waals surface area (Å²) in [5, 5.41) is 0. The maximum absolute atomic E-state index is 4.60. The maximum atomic E-state index is 4.60. The SMILES string of the molecule is C[C](C)N=C1CCCCN1C(C)C. The second kappa shape index (κ2) is 4.64. The lowest BCUT2D eigenvalue weighted by Gasteiger charge is -2.34. The Hall–Kier alpha value is -0.530. The van der Waals surface area contributed by atoms with Gasteiger partial charge in [0.2, 0.25) is 0 Å². The van der Waals surface area contributed by atoms with Crippen molar-refractivity contribution in [1.29, 1.82) is 0 Å². The van der Waals surface area contributed by atoms with Gasteiger partial charge in [0.15, 0.2) is 0 Å². The molecule has 0 aromatic rings. The lowest BCUT2D eigenvalue weighted by molar-refractivity contribution is 0.312. The van der Waals surface area contributed by atoms with Gasteiger partial charge in [-0.2, -0.15) is 0 Å². The van der Waals surface area contributed by atoms with Crippen LogP contribution in [-0.4, -0.2) is 23.3 Å². The summed E-state index contributed by atoms with van der Waals surface area (Å²) >= 11 is 0. The molecule has 0 aliphatic carbocycles. The van der Waals surface area contributed by atoms with E-state index in [1.54, 1.807) is 0 Å². The predicted octanol–water partition coefficient (Wildman–Crippen LogP) is 2.85. The van der Waals surface area contributed by atoms with E-state index >= 15 is 0 Å². The van der Waals surface area contributed by atoms with Gasteiger partial charge in [0.1, 0.15) is 0 Å². The molecule has 0 spiro atoms. The Bertz CT molecular complexity index is 183. The van der Waals surface area contributed by atoms with Crippen molar-refractivity contribution < 1.29 is 0 Å². The lowest BCUT2D eigenvalue weighted by Crippen LogP contribution is -2.40. The van der Waals surface area contributed by atoms with Gasteiger partial charge in [-0.3, -0.25) is 4.99 Å². The van der Waals surface area contributed by atoms with Gasteiger partial charge in [0.05, 0.1) is 11.9 Å². The highest BCUT2D eigenvalue weighted by atomic mass is 15.2. The van der Waals surface area contributed by atoms with Crippen LogP contribution in [-0.2, 0) is 0 Å². The molecule has 1 saturated heterocycles. The molecular formula is C11H21N2. The largest absolute Gasteiger partial charge is 0.358 e. The molecule has 13 heavy (non-hydrogen) atoms. The van der Waals surface area contributed by atoms with E-state index in [0.29, 0.717) is 6.04 Å².